The number of hydrogen-bond acceptors (Lipinski definition) is 2. The van der Waals surface area contributed by atoms with Crippen molar-refractivity contribution in [2.75, 3.05) is 6.54 Å². The minimum Gasteiger partial charge on any atom is -0.505 e. The summed E-state index contributed by atoms with van der Waals surface area (Å²) in [4.78, 5) is 2.32. The molecule has 0 aliphatic carbocycles. The Bertz CT molecular complexity index is 394. The first-order valence-corrected chi connectivity index (χ1v) is 6.30. The highest BCUT2D eigenvalue weighted by Gasteiger charge is 2.25. The maximum Gasteiger partial charge on any atom is 0.165 e. The molecule has 3 heteroatoms. The summed E-state index contributed by atoms with van der Waals surface area (Å²) in [7, 11) is 0. The number of halogens is 1. The van der Waals surface area contributed by atoms with Gasteiger partial charge in [-0.3, -0.25) is 4.90 Å². The second kappa shape index (κ2) is 5.05. The summed E-state index contributed by atoms with van der Waals surface area (Å²) < 4.78 is 13.2. The van der Waals surface area contributed by atoms with Crippen molar-refractivity contribution in [1.29, 1.82) is 0 Å². The summed E-state index contributed by atoms with van der Waals surface area (Å²) >= 11 is 0. The first-order chi connectivity index (χ1) is 8.09. The highest BCUT2D eigenvalue weighted by atomic mass is 19.1. The monoisotopic (exact) mass is 237 g/mol. The van der Waals surface area contributed by atoms with Crippen LogP contribution >= 0.6 is 0 Å². The van der Waals surface area contributed by atoms with Gasteiger partial charge in [0.15, 0.2) is 11.6 Å². The molecule has 94 valence electrons. The van der Waals surface area contributed by atoms with Crippen LogP contribution in [-0.4, -0.2) is 22.6 Å². The summed E-state index contributed by atoms with van der Waals surface area (Å²) in [5.41, 5.74) is 0.686. The van der Waals surface area contributed by atoms with E-state index in [0.29, 0.717) is 24.1 Å². The molecule has 1 heterocycles. The van der Waals surface area contributed by atoms with Crippen LogP contribution in [0.3, 0.4) is 0 Å². The van der Waals surface area contributed by atoms with Gasteiger partial charge in [0.05, 0.1) is 0 Å². The molecule has 2 atom stereocenters. The van der Waals surface area contributed by atoms with Crippen LogP contribution in [0.25, 0.3) is 0 Å². The van der Waals surface area contributed by atoms with Gasteiger partial charge in [0, 0.05) is 18.2 Å². The quantitative estimate of drug-likeness (QED) is 0.854. The van der Waals surface area contributed by atoms with Gasteiger partial charge in [-0.15, -0.1) is 0 Å². The molecular formula is C14H20FNO. The summed E-state index contributed by atoms with van der Waals surface area (Å²) in [5, 5.41) is 9.68. The molecule has 2 unspecified atom stereocenters. The number of benzene rings is 1. The molecule has 0 radical (unpaired) electrons. The van der Waals surface area contributed by atoms with Gasteiger partial charge in [0.25, 0.3) is 0 Å². The van der Waals surface area contributed by atoms with Crippen molar-refractivity contribution in [3.8, 4) is 5.75 Å². The maximum atomic E-state index is 13.2. The van der Waals surface area contributed by atoms with Crippen LogP contribution in [0.15, 0.2) is 18.2 Å². The number of nitrogens with zero attached hydrogens (tertiary/aromatic N) is 1. The highest BCUT2D eigenvalue weighted by molar-refractivity contribution is 5.33. The normalized spacial score (nSPS) is 26.1. The van der Waals surface area contributed by atoms with Crippen LogP contribution in [0.4, 0.5) is 4.39 Å². The molecule has 1 fully saturated rings. The number of likely N-dealkylation sites (tertiary alicyclic amines) is 1. The zero-order valence-corrected chi connectivity index (χ0v) is 10.5. The molecule has 0 spiro atoms. The zero-order chi connectivity index (χ0) is 12.4. The molecule has 0 amide bonds. The maximum absolute atomic E-state index is 13.2. The van der Waals surface area contributed by atoms with Crippen LogP contribution < -0.4 is 0 Å². The topological polar surface area (TPSA) is 23.5 Å². The third-order valence-corrected chi connectivity index (χ3v) is 3.95. The van der Waals surface area contributed by atoms with Gasteiger partial charge in [-0.2, -0.15) is 0 Å². The van der Waals surface area contributed by atoms with Crippen LogP contribution in [0, 0.1) is 11.7 Å². The van der Waals surface area contributed by atoms with E-state index in [1.54, 1.807) is 12.1 Å². The second-order valence-electron chi connectivity index (χ2n) is 5.08. The molecule has 1 saturated heterocycles. The fraction of sp³-hybridized carbons (Fsp3) is 0.571. The van der Waals surface area contributed by atoms with E-state index in [-0.39, 0.29) is 5.75 Å². The average molecular weight is 237 g/mol. The van der Waals surface area contributed by atoms with E-state index in [2.05, 4.69) is 18.7 Å². The van der Waals surface area contributed by atoms with Crippen LogP contribution in [0.1, 0.15) is 32.3 Å². The standard InChI is InChI=1S/C14H20FNO/c1-10-5-4-8-16(11(10)2)9-12-6-3-7-13(15)14(12)17/h3,6-7,10-11,17H,4-5,8-9H2,1-2H3. The van der Waals surface area contributed by atoms with Crippen molar-refractivity contribution < 1.29 is 9.50 Å². The van der Waals surface area contributed by atoms with Crippen molar-refractivity contribution in [3.05, 3.63) is 29.6 Å². The number of rotatable bonds is 2. The van der Waals surface area contributed by atoms with Gasteiger partial charge >= 0.3 is 0 Å². The van der Waals surface area contributed by atoms with E-state index in [9.17, 15) is 9.50 Å². The fourth-order valence-electron chi connectivity index (χ4n) is 2.55. The van der Waals surface area contributed by atoms with Crippen molar-refractivity contribution in [2.45, 2.75) is 39.3 Å². The lowest BCUT2D eigenvalue weighted by atomic mass is 9.91. The lowest BCUT2D eigenvalue weighted by molar-refractivity contribution is 0.105. The van der Waals surface area contributed by atoms with Gasteiger partial charge in [-0.25, -0.2) is 4.39 Å². The molecule has 1 N–H and O–H groups in total. The first-order valence-electron chi connectivity index (χ1n) is 6.30. The Morgan fingerprint density at radius 2 is 2.18 bits per heavy atom. The SMILES string of the molecule is CC1CCCN(Cc2cccc(F)c2O)C1C. The van der Waals surface area contributed by atoms with E-state index in [1.807, 2.05) is 0 Å². The number of phenolic OH excluding ortho intramolecular Hbond substituents is 1. The first kappa shape index (κ1) is 12.4. The van der Waals surface area contributed by atoms with Crippen molar-refractivity contribution in [3.63, 3.8) is 0 Å². The summed E-state index contributed by atoms with van der Waals surface area (Å²) in [5.74, 6) is -0.0578. The molecule has 0 saturated carbocycles. The lowest BCUT2D eigenvalue weighted by Crippen LogP contribution is -2.41. The van der Waals surface area contributed by atoms with Crippen LogP contribution in [-0.2, 0) is 6.54 Å². The Balaban J connectivity index is 2.12. The van der Waals surface area contributed by atoms with Gasteiger partial charge in [-0.1, -0.05) is 19.1 Å². The second-order valence-corrected chi connectivity index (χ2v) is 5.08. The molecule has 1 aromatic carbocycles. The number of piperidine rings is 1. The summed E-state index contributed by atoms with van der Waals surface area (Å²) in [6.07, 6.45) is 2.44. The summed E-state index contributed by atoms with van der Waals surface area (Å²) in [6, 6.07) is 5.24. The Kier molecular flexibility index (Phi) is 3.67. The van der Waals surface area contributed by atoms with Gasteiger partial charge in [0.1, 0.15) is 0 Å². The molecule has 2 nitrogen and oxygen atoms in total. The Hall–Kier alpha value is -1.09. The van der Waals surface area contributed by atoms with Crippen molar-refractivity contribution in [2.24, 2.45) is 5.92 Å². The Morgan fingerprint density at radius 3 is 2.94 bits per heavy atom. The predicted octanol–water partition coefficient (Wildman–Crippen LogP) is 3.15. The molecule has 0 aromatic heterocycles. The molecule has 1 aliphatic heterocycles. The van der Waals surface area contributed by atoms with Crippen LogP contribution in [0.5, 0.6) is 5.75 Å². The minimum absolute atomic E-state index is 0.196. The number of aromatic hydroxyl groups is 1. The number of hydrogen-bond donors (Lipinski definition) is 1. The minimum atomic E-state index is -0.528. The Morgan fingerprint density at radius 1 is 1.41 bits per heavy atom. The van der Waals surface area contributed by atoms with E-state index >= 15 is 0 Å². The molecule has 0 bridgehead atoms. The molecule has 17 heavy (non-hydrogen) atoms. The molecule has 2 rings (SSSR count). The van der Waals surface area contributed by atoms with Crippen LogP contribution in [0.2, 0.25) is 0 Å². The smallest absolute Gasteiger partial charge is 0.165 e. The Labute approximate surface area is 102 Å². The average Bonchev–Trinajstić information content (AvgIpc) is 2.31. The van der Waals surface area contributed by atoms with Gasteiger partial charge in [-0.05, 0) is 38.3 Å². The van der Waals surface area contributed by atoms with E-state index < -0.39 is 5.82 Å². The third-order valence-electron chi connectivity index (χ3n) is 3.95. The molecular weight excluding hydrogens is 217 g/mol. The fourth-order valence-corrected chi connectivity index (χ4v) is 2.55. The summed E-state index contributed by atoms with van der Waals surface area (Å²) in [6.45, 7) is 6.12. The molecule has 1 aromatic rings. The molecule has 1 aliphatic rings. The third kappa shape index (κ3) is 2.60. The zero-order valence-electron chi connectivity index (χ0n) is 10.5. The van der Waals surface area contributed by atoms with E-state index in [4.69, 9.17) is 0 Å². The predicted molar refractivity (Wildman–Crippen MR) is 66.3 cm³/mol. The highest BCUT2D eigenvalue weighted by Crippen LogP contribution is 2.28. The largest absolute Gasteiger partial charge is 0.505 e. The van der Waals surface area contributed by atoms with E-state index in [1.165, 1.54) is 18.9 Å². The number of phenols is 1. The lowest BCUT2D eigenvalue weighted by Gasteiger charge is -2.38. The number of para-hydroxylation sites is 1. The van der Waals surface area contributed by atoms with Gasteiger partial charge < -0.3 is 5.11 Å². The van der Waals surface area contributed by atoms with E-state index in [0.717, 1.165) is 6.54 Å². The van der Waals surface area contributed by atoms with Crippen molar-refractivity contribution >= 4 is 0 Å². The van der Waals surface area contributed by atoms with Gasteiger partial charge in [0.2, 0.25) is 0 Å². The van der Waals surface area contributed by atoms with Crippen molar-refractivity contribution in [1.82, 2.24) is 4.90 Å².